The minimum Gasteiger partial charge on any atom is -0.288 e. The normalized spacial score (nSPS) is 14.3. The van der Waals surface area contributed by atoms with Crippen molar-refractivity contribution in [2.45, 2.75) is 43.9 Å². The third kappa shape index (κ3) is 7.73. The van der Waals surface area contributed by atoms with Crippen molar-refractivity contribution < 1.29 is 18.2 Å². The van der Waals surface area contributed by atoms with Gasteiger partial charge in [-0.15, -0.1) is 0 Å². The molecule has 1 aromatic rings. The molecule has 0 amide bonds. The Hall–Kier alpha value is -1.97. The summed E-state index contributed by atoms with van der Waals surface area (Å²) in [6.07, 6.45) is 5.65. The van der Waals surface area contributed by atoms with Crippen LogP contribution in [0.15, 0.2) is 34.3 Å². The number of guanidine groups is 1. The molecular formula is C14H22N4O4S. The van der Waals surface area contributed by atoms with Crippen LogP contribution in [-0.4, -0.2) is 29.8 Å². The minimum atomic E-state index is -4.02. The van der Waals surface area contributed by atoms with Crippen molar-refractivity contribution in [1.82, 2.24) is 10.9 Å². The number of rotatable bonds is 2. The van der Waals surface area contributed by atoms with Gasteiger partial charge in [0.15, 0.2) is 0 Å². The lowest BCUT2D eigenvalue weighted by Gasteiger charge is -2.12. The molecule has 1 aliphatic rings. The zero-order valence-electron chi connectivity index (χ0n) is 12.9. The van der Waals surface area contributed by atoms with Gasteiger partial charge >= 0.3 is 0 Å². The zero-order chi connectivity index (χ0) is 17.3. The van der Waals surface area contributed by atoms with Crippen LogP contribution >= 0.6 is 0 Å². The fourth-order valence-electron chi connectivity index (χ4n) is 1.94. The number of aryl methyl sites for hydroxylation is 1. The van der Waals surface area contributed by atoms with E-state index in [-0.39, 0.29) is 10.9 Å². The molecule has 0 radical (unpaired) electrons. The van der Waals surface area contributed by atoms with Crippen molar-refractivity contribution in [2.75, 3.05) is 0 Å². The summed E-state index contributed by atoms with van der Waals surface area (Å²) >= 11 is 0. The standard InChI is InChI=1S/C7H14N4O.C7H8O3S/c8-7(11-12)10-9-6-4-2-1-3-5-6;1-6-2-4-7(5-3-6)11(8,9)10/h12H,1-5H2,(H3,8,10,11);2-5H,1H3,(H,8,9,10). The molecule has 1 fully saturated rings. The average Bonchev–Trinajstić information content (AvgIpc) is 2.53. The van der Waals surface area contributed by atoms with Crippen LogP contribution in [0, 0.1) is 12.3 Å². The lowest BCUT2D eigenvalue weighted by atomic mass is 9.99. The highest BCUT2D eigenvalue weighted by molar-refractivity contribution is 7.85. The number of hydrogen-bond donors (Lipinski definition) is 5. The first-order valence-corrected chi connectivity index (χ1v) is 8.61. The van der Waals surface area contributed by atoms with E-state index in [9.17, 15) is 8.42 Å². The second kappa shape index (κ2) is 9.23. The summed E-state index contributed by atoms with van der Waals surface area (Å²) in [6.45, 7) is 1.84. The summed E-state index contributed by atoms with van der Waals surface area (Å²) < 4.78 is 29.6. The molecule has 128 valence electrons. The number of hydroxylamine groups is 1. The highest BCUT2D eigenvalue weighted by Crippen LogP contribution is 2.14. The van der Waals surface area contributed by atoms with Crippen molar-refractivity contribution in [3.63, 3.8) is 0 Å². The molecule has 0 aliphatic heterocycles. The van der Waals surface area contributed by atoms with E-state index < -0.39 is 10.1 Å². The molecule has 0 unspecified atom stereocenters. The molecule has 0 bridgehead atoms. The van der Waals surface area contributed by atoms with Crippen molar-refractivity contribution in [2.24, 2.45) is 5.10 Å². The maximum atomic E-state index is 10.5. The summed E-state index contributed by atoms with van der Waals surface area (Å²) in [4.78, 5) is -0.0666. The summed E-state index contributed by atoms with van der Waals surface area (Å²) in [5.74, 6) is -0.187. The second-order valence-corrected chi connectivity index (χ2v) is 6.55. The first kappa shape index (κ1) is 19.1. The highest BCUT2D eigenvalue weighted by atomic mass is 32.2. The largest absolute Gasteiger partial charge is 0.294 e. The highest BCUT2D eigenvalue weighted by Gasteiger charge is 2.07. The predicted octanol–water partition coefficient (Wildman–Crippen LogP) is 2.05. The Bertz CT molecular complexity index is 633. The van der Waals surface area contributed by atoms with Gasteiger partial charge in [0.1, 0.15) is 0 Å². The zero-order valence-corrected chi connectivity index (χ0v) is 13.7. The van der Waals surface area contributed by atoms with E-state index in [0.717, 1.165) is 24.1 Å². The van der Waals surface area contributed by atoms with E-state index in [2.05, 4.69) is 10.5 Å². The topological polar surface area (TPSA) is 135 Å². The van der Waals surface area contributed by atoms with Gasteiger partial charge in [0.2, 0.25) is 5.96 Å². The lowest BCUT2D eigenvalue weighted by molar-refractivity contribution is 0.228. The predicted molar refractivity (Wildman–Crippen MR) is 87.3 cm³/mol. The van der Waals surface area contributed by atoms with E-state index >= 15 is 0 Å². The number of hydrazone groups is 1. The maximum absolute atomic E-state index is 10.5. The molecule has 8 nitrogen and oxygen atoms in total. The smallest absolute Gasteiger partial charge is 0.288 e. The van der Waals surface area contributed by atoms with Crippen LogP contribution in [0.3, 0.4) is 0 Å². The molecular weight excluding hydrogens is 320 g/mol. The van der Waals surface area contributed by atoms with Gasteiger partial charge in [-0.05, 0) is 44.7 Å². The van der Waals surface area contributed by atoms with E-state index in [4.69, 9.17) is 15.2 Å². The Morgan fingerprint density at radius 2 is 1.74 bits per heavy atom. The van der Waals surface area contributed by atoms with Gasteiger partial charge in [0.05, 0.1) is 4.90 Å². The molecule has 9 heteroatoms. The molecule has 0 aromatic heterocycles. The number of nitrogens with zero attached hydrogens (tertiary/aromatic N) is 1. The summed E-state index contributed by atoms with van der Waals surface area (Å²) in [7, 11) is -4.02. The Morgan fingerprint density at radius 1 is 1.17 bits per heavy atom. The van der Waals surface area contributed by atoms with Crippen molar-refractivity contribution in [3.05, 3.63) is 29.8 Å². The SMILES string of the molecule is Cc1ccc(S(=O)(=O)O)cc1.N=C(NO)NN=C1CCCCC1. The van der Waals surface area contributed by atoms with Crippen LogP contribution in [0.1, 0.15) is 37.7 Å². The lowest BCUT2D eigenvalue weighted by Crippen LogP contribution is -2.31. The van der Waals surface area contributed by atoms with E-state index in [1.54, 1.807) is 17.6 Å². The average molecular weight is 342 g/mol. The molecule has 23 heavy (non-hydrogen) atoms. The van der Waals surface area contributed by atoms with Gasteiger partial charge in [0, 0.05) is 5.71 Å². The number of benzene rings is 1. The third-order valence-corrected chi connectivity index (χ3v) is 4.06. The Morgan fingerprint density at radius 3 is 2.22 bits per heavy atom. The Kier molecular flexibility index (Phi) is 7.66. The monoisotopic (exact) mass is 342 g/mol. The summed E-state index contributed by atoms with van der Waals surface area (Å²) in [5, 5.41) is 19.2. The van der Waals surface area contributed by atoms with Crippen molar-refractivity contribution in [3.8, 4) is 0 Å². The summed E-state index contributed by atoms with van der Waals surface area (Å²) in [6, 6.07) is 5.99. The molecule has 1 aromatic carbocycles. The van der Waals surface area contributed by atoms with Gasteiger partial charge in [-0.1, -0.05) is 24.1 Å². The van der Waals surface area contributed by atoms with Crippen LogP contribution in [-0.2, 0) is 10.1 Å². The van der Waals surface area contributed by atoms with Crippen LogP contribution in [0.5, 0.6) is 0 Å². The molecule has 0 heterocycles. The Labute approximate surface area is 135 Å². The van der Waals surface area contributed by atoms with Crippen molar-refractivity contribution in [1.29, 1.82) is 5.41 Å². The first-order chi connectivity index (χ1) is 10.8. The van der Waals surface area contributed by atoms with Gasteiger partial charge in [0.25, 0.3) is 10.1 Å². The number of hydrogen-bond acceptors (Lipinski definition) is 5. The molecule has 0 saturated heterocycles. The molecule has 0 spiro atoms. The van der Waals surface area contributed by atoms with Crippen molar-refractivity contribution >= 4 is 21.8 Å². The fraction of sp³-hybridized carbons (Fsp3) is 0.429. The quantitative estimate of drug-likeness (QED) is 0.242. The van der Waals surface area contributed by atoms with E-state index in [1.165, 1.54) is 31.4 Å². The van der Waals surface area contributed by atoms with Gasteiger partial charge < -0.3 is 0 Å². The van der Waals surface area contributed by atoms with Gasteiger partial charge in [-0.25, -0.2) is 10.9 Å². The second-order valence-electron chi connectivity index (χ2n) is 5.13. The third-order valence-electron chi connectivity index (χ3n) is 3.19. The number of nitrogens with one attached hydrogen (secondary N) is 3. The van der Waals surface area contributed by atoms with E-state index in [1.807, 2.05) is 6.92 Å². The van der Waals surface area contributed by atoms with Crippen LogP contribution in [0.4, 0.5) is 0 Å². The molecule has 1 saturated carbocycles. The summed E-state index contributed by atoms with van der Waals surface area (Å²) in [5.41, 5.74) is 6.12. The van der Waals surface area contributed by atoms with Crippen LogP contribution in [0.25, 0.3) is 0 Å². The Balaban J connectivity index is 0.000000231. The molecule has 1 aliphatic carbocycles. The van der Waals surface area contributed by atoms with Gasteiger partial charge in [-0.3, -0.25) is 15.2 Å². The minimum absolute atomic E-state index is 0.0666. The molecule has 5 N–H and O–H groups in total. The molecule has 0 atom stereocenters. The van der Waals surface area contributed by atoms with Crippen LogP contribution < -0.4 is 10.9 Å². The fourth-order valence-corrected chi connectivity index (χ4v) is 2.42. The first-order valence-electron chi connectivity index (χ1n) is 7.17. The van der Waals surface area contributed by atoms with Gasteiger partial charge in [-0.2, -0.15) is 13.5 Å². The molecule has 2 rings (SSSR count). The van der Waals surface area contributed by atoms with E-state index in [0.29, 0.717) is 0 Å². The van der Waals surface area contributed by atoms with Crippen LogP contribution in [0.2, 0.25) is 0 Å². The maximum Gasteiger partial charge on any atom is 0.294 e.